The number of nitrogens with one attached hydrogen (secondary N) is 1. The molecule has 1 atom stereocenters. The van der Waals surface area contributed by atoms with E-state index in [2.05, 4.69) is 31.8 Å². The predicted molar refractivity (Wildman–Crippen MR) is 90.4 cm³/mol. The van der Waals surface area contributed by atoms with E-state index in [9.17, 15) is 9.90 Å². The Kier molecular flexibility index (Phi) is 4.12. The zero-order valence-corrected chi connectivity index (χ0v) is 14.1. The Bertz CT molecular complexity index is 821. The summed E-state index contributed by atoms with van der Waals surface area (Å²) in [5, 5.41) is 25.7. The number of carbonyl (C=O) groups is 1. The minimum Gasteiger partial charge on any atom is -0.476 e. The number of carboxylic acids is 1. The summed E-state index contributed by atoms with van der Waals surface area (Å²) in [6.45, 7) is 5.92. The number of aromatic nitrogens is 5. The van der Waals surface area contributed by atoms with Gasteiger partial charge in [-0.05, 0) is 25.7 Å². The second kappa shape index (κ2) is 6.44. The molecule has 1 aliphatic heterocycles. The molecule has 3 heterocycles. The number of carboxylic acid groups (broad SMARTS) is 1. The third-order valence-corrected chi connectivity index (χ3v) is 5.09. The van der Waals surface area contributed by atoms with Gasteiger partial charge < -0.3 is 15.0 Å². The molecule has 8 nitrogen and oxygen atoms in total. The van der Waals surface area contributed by atoms with Crippen molar-refractivity contribution in [2.24, 2.45) is 0 Å². The maximum absolute atomic E-state index is 11.5. The van der Waals surface area contributed by atoms with Gasteiger partial charge in [0.1, 0.15) is 11.6 Å². The first-order valence-electron chi connectivity index (χ1n) is 8.74. The predicted octanol–water partition coefficient (Wildman–Crippen LogP) is 0.952. The van der Waals surface area contributed by atoms with Gasteiger partial charge in [-0.15, -0.1) is 16.8 Å². The maximum Gasteiger partial charge on any atom is 0.356 e. The van der Waals surface area contributed by atoms with Gasteiger partial charge in [-0.2, -0.15) is 5.10 Å². The van der Waals surface area contributed by atoms with Gasteiger partial charge in [0.15, 0.2) is 5.69 Å². The number of nitrogens with zero attached hydrogens (tertiary/aromatic N) is 5. The summed E-state index contributed by atoms with van der Waals surface area (Å²) in [5.74, 6) is 1.08. The van der Waals surface area contributed by atoms with Crippen molar-refractivity contribution in [3.8, 4) is 0 Å². The SMILES string of the molecule is C=CCn1nc(C(=O)O)c2c1CC[C@@H](NCc1nnc3n1CCC3)C2. The van der Waals surface area contributed by atoms with Crippen LogP contribution in [0.4, 0.5) is 0 Å². The first-order valence-corrected chi connectivity index (χ1v) is 8.74. The lowest BCUT2D eigenvalue weighted by molar-refractivity contribution is 0.0688. The molecule has 4 rings (SSSR count). The van der Waals surface area contributed by atoms with Gasteiger partial charge >= 0.3 is 5.97 Å². The minimum absolute atomic E-state index is 0.173. The summed E-state index contributed by atoms with van der Waals surface area (Å²) in [6, 6.07) is 0.223. The van der Waals surface area contributed by atoms with Crippen molar-refractivity contribution in [1.82, 2.24) is 29.9 Å². The lowest BCUT2D eigenvalue weighted by Gasteiger charge is -2.24. The summed E-state index contributed by atoms with van der Waals surface area (Å²) in [5.41, 5.74) is 2.05. The normalized spacial score (nSPS) is 18.8. The number of fused-ring (bicyclic) bond motifs is 2. The highest BCUT2D eigenvalue weighted by molar-refractivity contribution is 5.87. The third-order valence-electron chi connectivity index (χ3n) is 5.09. The van der Waals surface area contributed by atoms with Crippen LogP contribution in [0.1, 0.15) is 46.2 Å². The van der Waals surface area contributed by atoms with Gasteiger partial charge in [-0.1, -0.05) is 6.08 Å². The molecule has 0 saturated carbocycles. The van der Waals surface area contributed by atoms with Gasteiger partial charge in [-0.3, -0.25) is 4.68 Å². The van der Waals surface area contributed by atoms with E-state index >= 15 is 0 Å². The summed E-state index contributed by atoms with van der Waals surface area (Å²) in [4.78, 5) is 11.5. The van der Waals surface area contributed by atoms with Crippen LogP contribution in [0.5, 0.6) is 0 Å². The number of rotatable bonds is 6. The molecule has 1 aliphatic carbocycles. The number of aryl methyl sites for hydroxylation is 1. The van der Waals surface area contributed by atoms with E-state index in [1.165, 1.54) is 0 Å². The molecule has 132 valence electrons. The molecule has 8 heteroatoms. The first kappa shape index (κ1) is 16.0. The fourth-order valence-corrected chi connectivity index (χ4v) is 3.88. The minimum atomic E-state index is -0.963. The molecule has 0 radical (unpaired) electrons. The van der Waals surface area contributed by atoms with Crippen LogP contribution in [0.15, 0.2) is 12.7 Å². The molecule has 0 amide bonds. The van der Waals surface area contributed by atoms with Gasteiger partial charge in [-0.25, -0.2) is 4.79 Å². The first-order chi connectivity index (χ1) is 12.2. The van der Waals surface area contributed by atoms with Gasteiger partial charge in [0, 0.05) is 30.3 Å². The van der Waals surface area contributed by atoms with Crippen LogP contribution in [-0.2, 0) is 38.9 Å². The standard InChI is InChI=1S/C17H22N6O2/c1-2-7-23-13-6-5-11(9-12(13)16(21-23)17(24)25)18-10-15-20-19-14-4-3-8-22(14)15/h2,11,18H,1,3-10H2,(H,24,25)/t11-/m1/s1. The fourth-order valence-electron chi connectivity index (χ4n) is 3.88. The molecule has 2 aromatic heterocycles. The average molecular weight is 342 g/mol. The van der Waals surface area contributed by atoms with E-state index < -0.39 is 5.97 Å². The van der Waals surface area contributed by atoms with Crippen LogP contribution in [0.2, 0.25) is 0 Å². The van der Waals surface area contributed by atoms with Crippen LogP contribution in [0.25, 0.3) is 0 Å². The highest BCUT2D eigenvalue weighted by Gasteiger charge is 2.29. The lowest BCUT2D eigenvalue weighted by atomic mass is 9.91. The van der Waals surface area contributed by atoms with Crippen molar-refractivity contribution in [2.45, 2.75) is 57.8 Å². The Morgan fingerprint density at radius 3 is 3.08 bits per heavy atom. The van der Waals surface area contributed by atoms with E-state index in [0.29, 0.717) is 19.5 Å². The largest absolute Gasteiger partial charge is 0.476 e. The fraction of sp³-hybridized carbons (Fsp3) is 0.529. The highest BCUT2D eigenvalue weighted by Crippen LogP contribution is 2.25. The van der Waals surface area contributed by atoms with Crippen molar-refractivity contribution in [3.63, 3.8) is 0 Å². The van der Waals surface area contributed by atoms with Crippen molar-refractivity contribution in [3.05, 3.63) is 41.3 Å². The maximum atomic E-state index is 11.5. The van der Waals surface area contributed by atoms with Crippen LogP contribution in [0.3, 0.4) is 0 Å². The summed E-state index contributed by atoms with van der Waals surface area (Å²) < 4.78 is 3.96. The Labute approximate surface area is 145 Å². The molecule has 0 unspecified atom stereocenters. The second-order valence-corrected chi connectivity index (χ2v) is 6.66. The van der Waals surface area contributed by atoms with Gasteiger partial charge in [0.2, 0.25) is 0 Å². The molecule has 0 saturated heterocycles. The molecule has 0 bridgehead atoms. The Balaban J connectivity index is 1.48. The van der Waals surface area contributed by atoms with E-state index in [1.807, 2.05) is 0 Å². The van der Waals surface area contributed by atoms with Crippen LogP contribution >= 0.6 is 0 Å². The molecule has 0 aromatic carbocycles. The summed E-state index contributed by atoms with van der Waals surface area (Å²) in [7, 11) is 0. The zero-order valence-electron chi connectivity index (χ0n) is 14.1. The van der Waals surface area contributed by atoms with E-state index in [1.54, 1.807) is 10.8 Å². The Morgan fingerprint density at radius 1 is 1.40 bits per heavy atom. The molecule has 25 heavy (non-hydrogen) atoms. The van der Waals surface area contributed by atoms with Crippen molar-refractivity contribution >= 4 is 5.97 Å². The quantitative estimate of drug-likeness (QED) is 0.759. The molecule has 0 spiro atoms. The van der Waals surface area contributed by atoms with Crippen molar-refractivity contribution < 1.29 is 9.90 Å². The number of allylic oxidation sites excluding steroid dienone is 1. The van der Waals surface area contributed by atoms with Crippen molar-refractivity contribution in [1.29, 1.82) is 0 Å². The lowest BCUT2D eigenvalue weighted by Crippen LogP contribution is -2.35. The topological polar surface area (TPSA) is 97.9 Å². The smallest absolute Gasteiger partial charge is 0.356 e. The van der Waals surface area contributed by atoms with E-state index in [0.717, 1.165) is 55.1 Å². The van der Waals surface area contributed by atoms with E-state index in [-0.39, 0.29) is 11.7 Å². The monoisotopic (exact) mass is 342 g/mol. The number of hydrogen-bond acceptors (Lipinski definition) is 5. The highest BCUT2D eigenvalue weighted by atomic mass is 16.4. The van der Waals surface area contributed by atoms with Crippen LogP contribution < -0.4 is 5.32 Å². The van der Waals surface area contributed by atoms with Gasteiger partial charge in [0.25, 0.3) is 0 Å². The van der Waals surface area contributed by atoms with E-state index in [4.69, 9.17) is 0 Å². The van der Waals surface area contributed by atoms with Gasteiger partial charge in [0.05, 0.1) is 13.1 Å². The molecule has 2 aliphatic rings. The second-order valence-electron chi connectivity index (χ2n) is 6.66. The van der Waals surface area contributed by atoms with Crippen molar-refractivity contribution in [2.75, 3.05) is 0 Å². The average Bonchev–Trinajstić information content (AvgIpc) is 3.28. The molecular formula is C17H22N6O2. The Morgan fingerprint density at radius 2 is 2.28 bits per heavy atom. The van der Waals surface area contributed by atoms with Crippen LogP contribution in [0, 0.1) is 0 Å². The number of hydrogen-bond donors (Lipinski definition) is 2. The Hall–Kier alpha value is -2.48. The molecule has 0 fully saturated rings. The summed E-state index contributed by atoms with van der Waals surface area (Å²) in [6.07, 6.45) is 6.33. The zero-order chi connectivity index (χ0) is 17.4. The van der Waals surface area contributed by atoms with Crippen LogP contribution in [-0.4, -0.2) is 41.7 Å². The molecule has 2 N–H and O–H groups in total. The third kappa shape index (κ3) is 2.86. The summed E-state index contributed by atoms with van der Waals surface area (Å²) >= 11 is 0. The molecule has 2 aromatic rings. The number of aromatic carboxylic acids is 1. The molecular weight excluding hydrogens is 320 g/mol.